The number of benzene rings is 2. The van der Waals surface area contributed by atoms with Crippen molar-refractivity contribution in [2.45, 2.75) is 11.8 Å². The van der Waals surface area contributed by atoms with Crippen molar-refractivity contribution in [3.63, 3.8) is 0 Å². The molecular formula is C18H19FN2O4S. The van der Waals surface area contributed by atoms with Gasteiger partial charge in [0, 0.05) is 31.9 Å². The monoisotopic (exact) mass is 378 g/mol. The van der Waals surface area contributed by atoms with Gasteiger partial charge in [-0.25, -0.2) is 17.6 Å². The van der Waals surface area contributed by atoms with E-state index in [1.807, 2.05) is 4.90 Å². The molecule has 1 saturated heterocycles. The third-order valence-corrected chi connectivity index (χ3v) is 6.40. The average Bonchev–Trinajstić information content (AvgIpc) is 2.62. The first-order chi connectivity index (χ1) is 12.3. The molecule has 138 valence electrons. The molecule has 26 heavy (non-hydrogen) atoms. The van der Waals surface area contributed by atoms with Crippen molar-refractivity contribution in [3.8, 4) is 0 Å². The highest BCUT2D eigenvalue weighted by molar-refractivity contribution is 7.89. The molecule has 6 nitrogen and oxygen atoms in total. The lowest BCUT2D eigenvalue weighted by molar-refractivity contribution is 0.0696. The lowest BCUT2D eigenvalue weighted by atomic mass is 10.1. The molecular weight excluding hydrogens is 359 g/mol. The Morgan fingerprint density at radius 2 is 1.65 bits per heavy atom. The molecule has 1 aliphatic heterocycles. The average molecular weight is 378 g/mol. The number of aryl methyl sites for hydroxylation is 1. The van der Waals surface area contributed by atoms with E-state index in [9.17, 15) is 22.7 Å². The molecule has 0 saturated carbocycles. The Labute approximate surface area is 151 Å². The van der Waals surface area contributed by atoms with Crippen LogP contribution in [0.3, 0.4) is 0 Å². The number of hydrogen-bond acceptors (Lipinski definition) is 4. The fraction of sp³-hybridized carbons (Fsp3) is 0.278. The van der Waals surface area contributed by atoms with Crippen molar-refractivity contribution in [1.82, 2.24) is 4.31 Å². The third-order valence-electron chi connectivity index (χ3n) is 4.51. The minimum absolute atomic E-state index is 0.0176. The zero-order chi connectivity index (χ0) is 18.9. The van der Waals surface area contributed by atoms with Gasteiger partial charge in [0.15, 0.2) is 0 Å². The maximum Gasteiger partial charge on any atom is 0.335 e. The summed E-state index contributed by atoms with van der Waals surface area (Å²) in [6.45, 7) is 3.12. The fourth-order valence-electron chi connectivity index (χ4n) is 2.98. The van der Waals surface area contributed by atoms with E-state index >= 15 is 0 Å². The van der Waals surface area contributed by atoms with Crippen LogP contribution < -0.4 is 4.90 Å². The summed E-state index contributed by atoms with van der Waals surface area (Å²) in [7, 11) is -3.76. The van der Waals surface area contributed by atoms with Crippen LogP contribution in [0.1, 0.15) is 15.9 Å². The first-order valence-corrected chi connectivity index (χ1v) is 9.57. The summed E-state index contributed by atoms with van der Waals surface area (Å²) in [4.78, 5) is 13.2. The van der Waals surface area contributed by atoms with Gasteiger partial charge in [0.2, 0.25) is 10.0 Å². The van der Waals surface area contributed by atoms with Gasteiger partial charge in [0.05, 0.1) is 10.5 Å². The quantitative estimate of drug-likeness (QED) is 0.884. The molecule has 1 fully saturated rings. The summed E-state index contributed by atoms with van der Waals surface area (Å²) in [5.41, 5.74) is 1.33. The van der Waals surface area contributed by atoms with Gasteiger partial charge in [-0.1, -0.05) is 6.07 Å². The molecule has 0 aromatic heterocycles. The Bertz CT molecular complexity index is 921. The fourth-order valence-corrected chi connectivity index (χ4v) is 4.43. The number of rotatable bonds is 4. The molecule has 0 amide bonds. The number of piperazine rings is 1. The van der Waals surface area contributed by atoms with E-state index in [0.29, 0.717) is 18.7 Å². The van der Waals surface area contributed by atoms with Crippen LogP contribution in [-0.2, 0) is 10.0 Å². The highest BCUT2D eigenvalue weighted by Gasteiger charge is 2.29. The smallest absolute Gasteiger partial charge is 0.335 e. The number of anilines is 1. The number of carbonyl (C=O) groups is 1. The standard InChI is InChI=1S/C18H19FN2O4S/c1-13-2-7-16(12-17(13)18(22)23)26(24,25)21-10-8-20(9-11-21)15-5-3-14(19)4-6-15/h2-7,12H,8-11H2,1H3,(H,22,23). The Hall–Kier alpha value is -2.45. The van der Waals surface area contributed by atoms with Crippen LogP contribution in [0, 0.1) is 12.7 Å². The molecule has 1 aliphatic rings. The molecule has 0 unspecified atom stereocenters. The van der Waals surface area contributed by atoms with E-state index in [0.717, 1.165) is 5.69 Å². The Morgan fingerprint density at radius 3 is 2.23 bits per heavy atom. The molecule has 2 aromatic carbocycles. The Morgan fingerprint density at radius 1 is 1.04 bits per heavy atom. The summed E-state index contributed by atoms with van der Waals surface area (Å²) >= 11 is 0. The van der Waals surface area contributed by atoms with Crippen molar-refractivity contribution >= 4 is 21.7 Å². The van der Waals surface area contributed by atoms with Gasteiger partial charge in [0.25, 0.3) is 0 Å². The summed E-state index contributed by atoms with van der Waals surface area (Å²) in [5, 5.41) is 9.20. The minimum Gasteiger partial charge on any atom is -0.478 e. The van der Waals surface area contributed by atoms with Gasteiger partial charge in [0.1, 0.15) is 5.82 Å². The zero-order valence-electron chi connectivity index (χ0n) is 14.2. The predicted molar refractivity (Wildman–Crippen MR) is 95.5 cm³/mol. The predicted octanol–water partition coefficient (Wildman–Crippen LogP) is 2.34. The molecule has 0 radical (unpaired) electrons. The van der Waals surface area contributed by atoms with Gasteiger partial charge in [-0.15, -0.1) is 0 Å². The van der Waals surface area contributed by atoms with Gasteiger partial charge < -0.3 is 10.0 Å². The van der Waals surface area contributed by atoms with E-state index in [1.54, 1.807) is 19.1 Å². The van der Waals surface area contributed by atoms with Crippen molar-refractivity contribution in [1.29, 1.82) is 0 Å². The summed E-state index contributed by atoms with van der Waals surface area (Å²) < 4.78 is 40.0. The second-order valence-corrected chi connectivity index (χ2v) is 8.09. The van der Waals surface area contributed by atoms with Crippen molar-refractivity contribution in [2.75, 3.05) is 31.1 Å². The first-order valence-electron chi connectivity index (χ1n) is 8.13. The SMILES string of the molecule is Cc1ccc(S(=O)(=O)N2CCN(c3ccc(F)cc3)CC2)cc1C(=O)O. The van der Waals surface area contributed by atoms with Crippen LogP contribution in [-0.4, -0.2) is 50.0 Å². The van der Waals surface area contributed by atoms with E-state index in [2.05, 4.69) is 0 Å². The van der Waals surface area contributed by atoms with Gasteiger partial charge >= 0.3 is 5.97 Å². The van der Waals surface area contributed by atoms with Crippen LogP contribution in [0.15, 0.2) is 47.4 Å². The minimum atomic E-state index is -3.76. The summed E-state index contributed by atoms with van der Waals surface area (Å²) in [6, 6.07) is 10.2. The molecule has 0 bridgehead atoms. The van der Waals surface area contributed by atoms with Crippen molar-refractivity contribution < 1.29 is 22.7 Å². The Kier molecular flexibility index (Phi) is 4.97. The van der Waals surface area contributed by atoms with E-state index in [4.69, 9.17) is 0 Å². The van der Waals surface area contributed by atoms with E-state index in [1.165, 1.54) is 34.6 Å². The molecule has 1 N–H and O–H groups in total. The second kappa shape index (κ2) is 7.05. The number of aromatic carboxylic acids is 1. The van der Waals surface area contributed by atoms with Crippen LogP contribution in [0.5, 0.6) is 0 Å². The lowest BCUT2D eigenvalue weighted by Crippen LogP contribution is -2.48. The van der Waals surface area contributed by atoms with Crippen molar-refractivity contribution in [3.05, 3.63) is 59.4 Å². The van der Waals surface area contributed by atoms with Gasteiger partial charge in [-0.05, 0) is 48.9 Å². The lowest BCUT2D eigenvalue weighted by Gasteiger charge is -2.35. The van der Waals surface area contributed by atoms with E-state index < -0.39 is 16.0 Å². The molecule has 0 atom stereocenters. The van der Waals surface area contributed by atoms with Crippen LogP contribution in [0.4, 0.5) is 10.1 Å². The van der Waals surface area contributed by atoms with Crippen LogP contribution >= 0.6 is 0 Å². The maximum atomic E-state index is 13.0. The third kappa shape index (κ3) is 3.56. The zero-order valence-corrected chi connectivity index (χ0v) is 15.0. The molecule has 8 heteroatoms. The maximum absolute atomic E-state index is 13.0. The number of carboxylic acid groups (broad SMARTS) is 1. The molecule has 1 heterocycles. The van der Waals surface area contributed by atoms with Gasteiger partial charge in [-0.3, -0.25) is 0 Å². The molecule has 0 spiro atoms. The normalized spacial score (nSPS) is 15.8. The Balaban J connectivity index is 1.77. The topological polar surface area (TPSA) is 77.9 Å². The summed E-state index contributed by atoms with van der Waals surface area (Å²) in [6.07, 6.45) is 0. The van der Waals surface area contributed by atoms with Gasteiger partial charge in [-0.2, -0.15) is 4.31 Å². The molecule has 2 aromatic rings. The number of carboxylic acids is 1. The largest absolute Gasteiger partial charge is 0.478 e. The summed E-state index contributed by atoms with van der Waals surface area (Å²) in [5.74, 6) is -1.47. The second-order valence-electron chi connectivity index (χ2n) is 6.15. The van der Waals surface area contributed by atoms with Crippen molar-refractivity contribution in [2.24, 2.45) is 0 Å². The first kappa shape index (κ1) is 18.3. The number of sulfonamides is 1. The number of halogens is 1. The molecule has 3 rings (SSSR count). The highest BCUT2D eigenvalue weighted by Crippen LogP contribution is 2.23. The molecule has 0 aliphatic carbocycles. The van der Waals surface area contributed by atoms with E-state index in [-0.39, 0.29) is 29.4 Å². The van der Waals surface area contributed by atoms with Crippen LogP contribution in [0.2, 0.25) is 0 Å². The number of hydrogen-bond donors (Lipinski definition) is 1. The van der Waals surface area contributed by atoms with Crippen LogP contribution in [0.25, 0.3) is 0 Å². The highest BCUT2D eigenvalue weighted by atomic mass is 32.2. The number of nitrogens with zero attached hydrogens (tertiary/aromatic N) is 2.